The topological polar surface area (TPSA) is 151 Å². The van der Waals surface area contributed by atoms with Gasteiger partial charge in [-0.2, -0.15) is 0 Å². The molecule has 4 unspecified atom stereocenters. The molecule has 0 aliphatic carbocycles. The van der Waals surface area contributed by atoms with Crippen LogP contribution in [0.1, 0.15) is 219 Å². The van der Waals surface area contributed by atoms with Crippen molar-refractivity contribution in [2.75, 3.05) is 0 Å². The van der Waals surface area contributed by atoms with Gasteiger partial charge in [-0.05, 0) is 114 Å². The first-order chi connectivity index (χ1) is 31.0. The standard InChI is InChI=1S/2C27H44O5.Ba/c2*1-3-4-5-10-17-25(31-22-24-15-8-6-9-16-24)18-11-7-12-19-26(32-23(2)28)20-13-14-21-27(29)30;/h2*6,8-9,15-16,25-26H,3-5,7,10-14,17-22H2,1-2H3,(H,29,30);/q;;+2/p-2. The minimum absolute atomic E-state index is 0. The van der Waals surface area contributed by atoms with Crippen molar-refractivity contribution in [2.45, 2.75) is 245 Å². The quantitative estimate of drug-likeness (QED) is 0.0358. The molecule has 0 saturated heterocycles. The molecule has 0 amide bonds. The van der Waals surface area contributed by atoms with Crippen LogP contribution in [0.5, 0.6) is 0 Å². The van der Waals surface area contributed by atoms with E-state index >= 15 is 0 Å². The smallest absolute Gasteiger partial charge is 0.550 e. The molecule has 0 heterocycles. The van der Waals surface area contributed by atoms with E-state index in [-0.39, 0.29) is 85.9 Å². The van der Waals surface area contributed by atoms with Crippen LogP contribution in [0.25, 0.3) is 0 Å². The molecule has 364 valence electrons. The zero-order valence-corrected chi connectivity index (χ0v) is 45.5. The van der Waals surface area contributed by atoms with Crippen LogP contribution in [0.15, 0.2) is 60.7 Å². The SMILES string of the molecule is CCCCCCC(CCCCCC(CCCCC(=O)[O-])OC(C)=O)OCc1ccccc1.CCCCCCC(CCCCCC(CCCCC(=O)[O-])OC(C)=O)OCc1ccccc1.[Ba+2]. The molecule has 0 fully saturated rings. The Labute approximate surface area is 434 Å². The van der Waals surface area contributed by atoms with Gasteiger partial charge in [0, 0.05) is 25.8 Å². The number of ether oxygens (including phenoxy) is 4. The second-order valence-electron chi connectivity index (χ2n) is 17.5. The van der Waals surface area contributed by atoms with Crippen molar-refractivity contribution in [1.29, 1.82) is 0 Å². The van der Waals surface area contributed by atoms with Gasteiger partial charge in [0.2, 0.25) is 0 Å². The molecule has 0 spiro atoms. The fraction of sp³-hybridized carbons (Fsp3) is 0.704. The molecule has 10 nitrogen and oxygen atoms in total. The van der Waals surface area contributed by atoms with Gasteiger partial charge < -0.3 is 38.7 Å². The molecule has 65 heavy (non-hydrogen) atoms. The third-order valence-electron chi connectivity index (χ3n) is 11.5. The number of carbonyl (C=O) groups excluding carboxylic acids is 4. The predicted octanol–water partition coefficient (Wildman–Crippen LogP) is 11.1. The van der Waals surface area contributed by atoms with Gasteiger partial charge in [-0.1, -0.05) is 152 Å². The van der Waals surface area contributed by atoms with Crippen LogP contribution in [0, 0.1) is 0 Å². The molecular formula is C54H86BaO10. The normalized spacial score (nSPS) is 12.7. The Hall–Kier alpha value is -2.19. The van der Waals surface area contributed by atoms with E-state index in [2.05, 4.69) is 38.1 Å². The van der Waals surface area contributed by atoms with Gasteiger partial charge in [0.15, 0.2) is 0 Å². The zero-order chi connectivity index (χ0) is 46.9. The zero-order valence-electron chi connectivity index (χ0n) is 41.1. The molecular weight excluding hydrogens is 946 g/mol. The fourth-order valence-corrected chi connectivity index (χ4v) is 7.91. The third kappa shape index (κ3) is 40.6. The first-order valence-electron chi connectivity index (χ1n) is 25.1. The predicted molar refractivity (Wildman–Crippen MR) is 258 cm³/mol. The number of carbonyl (C=O) groups is 4. The van der Waals surface area contributed by atoms with E-state index in [1.807, 2.05) is 36.4 Å². The van der Waals surface area contributed by atoms with Gasteiger partial charge in [0.05, 0.1) is 25.4 Å². The number of benzene rings is 2. The Balaban J connectivity index is 0.00000124. The molecule has 0 saturated carbocycles. The summed E-state index contributed by atoms with van der Waals surface area (Å²) < 4.78 is 23.3. The maximum absolute atomic E-state index is 11.4. The van der Waals surface area contributed by atoms with Gasteiger partial charge in [0.25, 0.3) is 0 Å². The van der Waals surface area contributed by atoms with E-state index in [1.165, 1.54) is 76.3 Å². The first-order valence-corrected chi connectivity index (χ1v) is 25.1. The number of esters is 2. The number of unbranched alkanes of at least 4 members (excludes halogenated alkanes) is 12. The minimum Gasteiger partial charge on any atom is -0.550 e. The van der Waals surface area contributed by atoms with Crippen LogP contribution in [0.4, 0.5) is 0 Å². The van der Waals surface area contributed by atoms with Crippen molar-refractivity contribution in [3.05, 3.63) is 71.8 Å². The van der Waals surface area contributed by atoms with Crippen LogP contribution in [-0.2, 0) is 51.3 Å². The molecule has 2 rings (SSSR count). The maximum Gasteiger partial charge on any atom is 2.00 e. The van der Waals surface area contributed by atoms with Crippen molar-refractivity contribution in [1.82, 2.24) is 0 Å². The molecule has 2 aromatic carbocycles. The Kier molecular flexibility index (Phi) is 42.8. The Morgan fingerprint density at radius 1 is 0.415 bits per heavy atom. The van der Waals surface area contributed by atoms with E-state index in [1.54, 1.807) is 0 Å². The number of carboxylic acids is 2. The maximum atomic E-state index is 11.4. The second kappa shape index (κ2) is 44.3. The van der Waals surface area contributed by atoms with Crippen LogP contribution in [0.2, 0.25) is 0 Å². The van der Waals surface area contributed by atoms with Crippen molar-refractivity contribution >= 4 is 72.8 Å². The number of rotatable bonds is 40. The molecule has 2 aromatic rings. The summed E-state index contributed by atoms with van der Waals surface area (Å²) in [6.07, 6.45) is 26.9. The van der Waals surface area contributed by atoms with Crippen LogP contribution < -0.4 is 10.2 Å². The van der Waals surface area contributed by atoms with Gasteiger partial charge in [0.1, 0.15) is 12.2 Å². The van der Waals surface area contributed by atoms with Crippen LogP contribution >= 0.6 is 0 Å². The fourth-order valence-electron chi connectivity index (χ4n) is 7.91. The Morgan fingerprint density at radius 2 is 0.692 bits per heavy atom. The van der Waals surface area contributed by atoms with E-state index in [4.69, 9.17) is 18.9 Å². The summed E-state index contributed by atoms with van der Waals surface area (Å²) in [5, 5.41) is 21.1. The number of carboxylic acid groups (broad SMARTS) is 2. The second-order valence-corrected chi connectivity index (χ2v) is 17.5. The van der Waals surface area contributed by atoms with Crippen molar-refractivity contribution in [2.24, 2.45) is 0 Å². The van der Waals surface area contributed by atoms with Crippen LogP contribution in [-0.4, -0.2) is 97.2 Å². The summed E-state index contributed by atoms with van der Waals surface area (Å²) in [6.45, 7) is 8.66. The summed E-state index contributed by atoms with van der Waals surface area (Å²) in [5.74, 6) is -2.58. The van der Waals surface area contributed by atoms with E-state index in [0.29, 0.717) is 51.1 Å². The van der Waals surface area contributed by atoms with Crippen molar-refractivity contribution in [3.8, 4) is 0 Å². The van der Waals surface area contributed by atoms with Gasteiger partial charge in [-0.3, -0.25) is 9.59 Å². The average molecular weight is 1030 g/mol. The monoisotopic (exact) mass is 1030 g/mol. The summed E-state index contributed by atoms with van der Waals surface area (Å²) in [5.41, 5.74) is 2.43. The average Bonchev–Trinajstić information content (AvgIpc) is 3.27. The molecule has 0 aliphatic heterocycles. The van der Waals surface area contributed by atoms with E-state index in [0.717, 1.165) is 89.9 Å². The molecule has 0 bridgehead atoms. The van der Waals surface area contributed by atoms with Gasteiger partial charge in [-0.15, -0.1) is 0 Å². The number of hydrogen-bond acceptors (Lipinski definition) is 10. The summed E-state index contributed by atoms with van der Waals surface area (Å²) >= 11 is 0. The molecule has 0 aliphatic rings. The largest absolute Gasteiger partial charge is 2.00 e. The van der Waals surface area contributed by atoms with E-state index < -0.39 is 11.9 Å². The van der Waals surface area contributed by atoms with Crippen molar-refractivity contribution in [3.63, 3.8) is 0 Å². The van der Waals surface area contributed by atoms with Crippen LogP contribution in [0.3, 0.4) is 0 Å². The minimum atomic E-state index is -1.02. The molecule has 0 aromatic heterocycles. The molecule has 4 atom stereocenters. The molecule has 11 heteroatoms. The van der Waals surface area contributed by atoms with E-state index in [9.17, 15) is 29.4 Å². The van der Waals surface area contributed by atoms with Gasteiger partial charge >= 0.3 is 60.8 Å². The number of hydrogen-bond donors (Lipinski definition) is 0. The van der Waals surface area contributed by atoms with Gasteiger partial charge in [-0.25, -0.2) is 0 Å². The summed E-state index contributed by atoms with van der Waals surface area (Å²) in [7, 11) is 0. The molecule has 0 N–H and O–H groups in total. The Morgan fingerprint density at radius 3 is 0.969 bits per heavy atom. The third-order valence-corrected chi connectivity index (χ3v) is 11.5. The summed E-state index contributed by atoms with van der Waals surface area (Å²) in [4.78, 5) is 43.8. The van der Waals surface area contributed by atoms with Crippen molar-refractivity contribution < 1.29 is 48.3 Å². The Bertz CT molecular complexity index is 1320. The summed E-state index contributed by atoms with van der Waals surface area (Å²) in [6, 6.07) is 20.7. The number of aliphatic carboxylic acids is 2. The first kappa shape index (κ1) is 62.8. The molecule has 0 radical (unpaired) electrons.